The molecule has 0 radical (unpaired) electrons. The van der Waals surface area contributed by atoms with Crippen molar-refractivity contribution in [2.24, 2.45) is 0 Å². The molecule has 0 amide bonds. The van der Waals surface area contributed by atoms with Crippen molar-refractivity contribution < 1.29 is 0 Å². The minimum atomic E-state index is 1.10. The van der Waals surface area contributed by atoms with E-state index in [1.54, 1.807) is 0 Å². The topological polar surface area (TPSA) is 3.24 Å². The Hall–Kier alpha value is -7.74. The quantitative estimate of drug-likeness (QED) is 0.142. The van der Waals surface area contributed by atoms with Crippen LogP contribution in [0.1, 0.15) is 0 Å². The molecule has 0 spiro atoms. The first-order valence-electron chi connectivity index (χ1n) is 20.2. The molecular weight excluding hydrogens is 711 g/mol. The summed E-state index contributed by atoms with van der Waals surface area (Å²) in [5.74, 6) is 0. The number of anilines is 3. The molecule has 1 nitrogen and oxygen atoms in total. The second-order valence-corrected chi connectivity index (χ2v) is 15.0. The molecular formula is C58H41N. The van der Waals surface area contributed by atoms with E-state index in [9.17, 15) is 0 Å². The first kappa shape index (κ1) is 35.7. The summed E-state index contributed by atoms with van der Waals surface area (Å²) >= 11 is 0. The van der Waals surface area contributed by atoms with Crippen LogP contribution in [0.3, 0.4) is 0 Å². The Labute approximate surface area is 346 Å². The molecule has 59 heavy (non-hydrogen) atoms. The molecule has 0 N–H and O–H groups in total. The lowest BCUT2D eigenvalue weighted by Crippen LogP contribution is -2.09. The summed E-state index contributed by atoms with van der Waals surface area (Å²) in [4.78, 5) is 2.36. The largest absolute Gasteiger partial charge is 0.310 e. The number of rotatable bonds is 9. The first-order chi connectivity index (χ1) is 29.2. The van der Waals surface area contributed by atoms with Crippen molar-refractivity contribution in [3.8, 4) is 66.8 Å². The third kappa shape index (κ3) is 7.46. The van der Waals surface area contributed by atoms with Gasteiger partial charge in [0.25, 0.3) is 0 Å². The van der Waals surface area contributed by atoms with E-state index < -0.39 is 0 Å². The van der Waals surface area contributed by atoms with Crippen LogP contribution < -0.4 is 4.90 Å². The highest BCUT2D eigenvalue weighted by molar-refractivity contribution is 5.91. The Morgan fingerprint density at radius 2 is 0.559 bits per heavy atom. The number of hydrogen-bond acceptors (Lipinski definition) is 1. The summed E-state index contributed by atoms with van der Waals surface area (Å²) in [6.45, 7) is 0. The predicted octanol–water partition coefficient (Wildman–Crippen LogP) is 16.3. The van der Waals surface area contributed by atoms with Crippen LogP contribution in [0.25, 0.3) is 77.5 Å². The van der Waals surface area contributed by atoms with Gasteiger partial charge < -0.3 is 4.90 Å². The average molecular weight is 752 g/mol. The van der Waals surface area contributed by atoms with Gasteiger partial charge in [-0.15, -0.1) is 0 Å². The highest BCUT2D eigenvalue weighted by Crippen LogP contribution is 2.41. The van der Waals surface area contributed by atoms with Crippen LogP contribution in [0.2, 0.25) is 0 Å². The fourth-order valence-corrected chi connectivity index (χ4v) is 8.21. The standard InChI is InChI=1S/C58H41N/c1-5-15-42(16-6-1)51-37-52(43-17-7-2-8-18-43)39-53(38-51)46-27-33-55(34-28-46)59(56-35-29-44-19-13-14-24-49(44)40-56)54-31-25-45(26-32-54)50-30-36-57(47-20-9-3-10-21-47)58(41-50)48-22-11-4-12-23-48/h1-41H. The number of hydrogen-bond donors (Lipinski definition) is 0. The molecule has 1 heteroatoms. The van der Waals surface area contributed by atoms with Crippen molar-refractivity contribution >= 4 is 27.8 Å². The predicted molar refractivity (Wildman–Crippen MR) is 251 cm³/mol. The third-order valence-electron chi connectivity index (χ3n) is 11.2. The van der Waals surface area contributed by atoms with Crippen molar-refractivity contribution in [1.29, 1.82) is 0 Å². The summed E-state index contributed by atoms with van der Waals surface area (Å²) in [5, 5.41) is 2.43. The summed E-state index contributed by atoms with van der Waals surface area (Å²) in [6, 6.07) is 89.8. The lowest BCUT2D eigenvalue weighted by atomic mass is 9.91. The molecule has 0 bridgehead atoms. The Bertz CT molecular complexity index is 2930. The van der Waals surface area contributed by atoms with E-state index in [1.807, 2.05) is 0 Å². The zero-order chi connectivity index (χ0) is 39.4. The maximum absolute atomic E-state index is 2.36. The van der Waals surface area contributed by atoms with E-state index in [1.165, 1.54) is 77.5 Å². The maximum atomic E-state index is 2.36. The SMILES string of the molecule is c1ccc(-c2cc(-c3ccccc3)cc(-c3ccc(N(c4ccc(-c5ccc(-c6ccccc6)c(-c6ccccc6)c5)cc4)c4ccc5ccccc5c4)cc3)c2)cc1. The molecule has 0 heterocycles. The first-order valence-corrected chi connectivity index (χ1v) is 20.2. The zero-order valence-corrected chi connectivity index (χ0v) is 32.6. The van der Waals surface area contributed by atoms with E-state index in [2.05, 4.69) is 254 Å². The molecule has 10 aromatic rings. The van der Waals surface area contributed by atoms with Crippen LogP contribution in [0.15, 0.2) is 249 Å². The average Bonchev–Trinajstić information content (AvgIpc) is 3.33. The molecule has 0 aromatic heterocycles. The normalized spacial score (nSPS) is 11.1. The van der Waals surface area contributed by atoms with Crippen LogP contribution in [0.4, 0.5) is 17.1 Å². The maximum Gasteiger partial charge on any atom is 0.0468 e. The van der Waals surface area contributed by atoms with Crippen LogP contribution in [-0.2, 0) is 0 Å². The van der Waals surface area contributed by atoms with Crippen LogP contribution in [0, 0.1) is 0 Å². The highest BCUT2D eigenvalue weighted by Gasteiger charge is 2.16. The van der Waals surface area contributed by atoms with E-state index in [0.29, 0.717) is 0 Å². The van der Waals surface area contributed by atoms with Crippen molar-refractivity contribution in [3.63, 3.8) is 0 Å². The summed E-state index contributed by atoms with van der Waals surface area (Å²) in [6.07, 6.45) is 0. The minimum absolute atomic E-state index is 1.10. The number of nitrogens with zero attached hydrogens (tertiary/aromatic N) is 1. The minimum Gasteiger partial charge on any atom is -0.310 e. The fraction of sp³-hybridized carbons (Fsp3) is 0. The molecule has 0 saturated heterocycles. The lowest BCUT2D eigenvalue weighted by molar-refractivity contribution is 1.29. The van der Waals surface area contributed by atoms with Gasteiger partial charge in [-0.3, -0.25) is 0 Å². The lowest BCUT2D eigenvalue weighted by Gasteiger charge is -2.26. The summed E-state index contributed by atoms with van der Waals surface area (Å²) < 4.78 is 0. The third-order valence-corrected chi connectivity index (χ3v) is 11.2. The van der Waals surface area contributed by atoms with Crippen molar-refractivity contribution in [3.05, 3.63) is 249 Å². The van der Waals surface area contributed by atoms with Gasteiger partial charge in [0.1, 0.15) is 0 Å². The Morgan fingerprint density at radius 3 is 1.07 bits per heavy atom. The molecule has 0 atom stereocenters. The van der Waals surface area contributed by atoms with Gasteiger partial charge in [-0.05, 0) is 138 Å². The molecule has 10 rings (SSSR count). The molecule has 10 aromatic carbocycles. The summed E-state index contributed by atoms with van der Waals surface area (Å²) in [7, 11) is 0. The van der Waals surface area contributed by atoms with Crippen molar-refractivity contribution in [2.75, 3.05) is 4.90 Å². The monoisotopic (exact) mass is 751 g/mol. The van der Waals surface area contributed by atoms with Gasteiger partial charge in [0.2, 0.25) is 0 Å². The molecule has 0 aliphatic rings. The fourth-order valence-electron chi connectivity index (χ4n) is 8.21. The van der Waals surface area contributed by atoms with Gasteiger partial charge >= 0.3 is 0 Å². The smallest absolute Gasteiger partial charge is 0.0468 e. The highest BCUT2D eigenvalue weighted by atomic mass is 15.1. The van der Waals surface area contributed by atoms with Gasteiger partial charge in [0.15, 0.2) is 0 Å². The number of benzene rings is 10. The number of fused-ring (bicyclic) bond motifs is 1. The van der Waals surface area contributed by atoms with E-state index in [0.717, 1.165) is 17.1 Å². The molecule has 0 aliphatic carbocycles. The van der Waals surface area contributed by atoms with Crippen LogP contribution in [0.5, 0.6) is 0 Å². The molecule has 0 unspecified atom stereocenters. The molecule has 278 valence electrons. The van der Waals surface area contributed by atoms with E-state index >= 15 is 0 Å². The molecule has 0 aliphatic heterocycles. The zero-order valence-electron chi connectivity index (χ0n) is 32.6. The second kappa shape index (κ2) is 16.0. The van der Waals surface area contributed by atoms with Crippen LogP contribution >= 0.6 is 0 Å². The summed E-state index contributed by atoms with van der Waals surface area (Å²) in [5.41, 5.74) is 17.7. The Morgan fingerprint density at radius 1 is 0.186 bits per heavy atom. The molecule has 0 saturated carbocycles. The van der Waals surface area contributed by atoms with Gasteiger partial charge in [0, 0.05) is 17.1 Å². The van der Waals surface area contributed by atoms with Gasteiger partial charge in [-0.1, -0.05) is 188 Å². The second-order valence-electron chi connectivity index (χ2n) is 15.0. The molecule has 0 fully saturated rings. The Balaban J connectivity index is 1.04. The van der Waals surface area contributed by atoms with E-state index in [-0.39, 0.29) is 0 Å². The van der Waals surface area contributed by atoms with Gasteiger partial charge in [0.05, 0.1) is 0 Å². The van der Waals surface area contributed by atoms with Crippen molar-refractivity contribution in [1.82, 2.24) is 0 Å². The van der Waals surface area contributed by atoms with Gasteiger partial charge in [-0.25, -0.2) is 0 Å². The van der Waals surface area contributed by atoms with Gasteiger partial charge in [-0.2, -0.15) is 0 Å². The van der Waals surface area contributed by atoms with E-state index in [4.69, 9.17) is 0 Å². The Kier molecular flexibility index (Phi) is 9.68. The van der Waals surface area contributed by atoms with Crippen molar-refractivity contribution in [2.45, 2.75) is 0 Å². The van der Waals surface area contributed by atoms with Crippen LogP contribution in [-0.4, -0.2) is 0 Å².